The highest BCUT2D eigenvalue weighted by Gasteiger charge is 2.30. The second kappa shape index (κ2) is 8.74. The number of fused-ring (bicyclic) bond motifs is 1. The Hall–Kier alpha value is -4.00. The van der Waals surface area contributed by atoms with Crippen LogP contribution in [0.2, 0.25) is 0 Å². The normalized spacial score (nSPS) is 13.9. The van der Waals surface area contributed by atoms with E-state index in [1.165, 1.54) is 7.11 Å². The van der Waals surface area contributed by atoms with Crippen molar-refractivity contribution in [2.24, 2.45) is 0 Å². The van der Waals surface area contributed by atoms with Crippen molar-refractivity contribution in [3.8, 4) is 28.1 Å². The number of aryl methyl sites for hydroxylation is 1. The Morgan fingerprint density at radius 3 is 2.44 bits per heavy atom. The van der Waals surface area contributed by atoms with Crippen LogP contribution in [0, 0.1) is 6.92 Å². The largest absolute Gasteiger partial charge is 0.505 e. The zero-order valence-corrected chi connectivity index (χ0v) is 19.1. The lowest BCUT2D eigenvalue weighted by Gasteiger charge is -2.24. The van der Waals surface area contributed by atoms with Gasteiger partial charge in [0.05, 0.1) is 23.9 Å². The maximum atomic E-state index is 14.1. The molecule has 7 nitrogen and oxygen atoms in total. The summed E-state index contributed by atoms with van der Waals surface area (Å²) in [6.45, 7) is 1.80. The summed E-state index contributed by atoms with van der Waals surface area (Å²) in [5.74, 6) is -1.03. The van der Waals surface area contributed by atoms with E-state index >= 15 is 0 Å². The van der Waals surface area contributed by atoms with Gasteiger partial charge in [0.1, 0.15) is 0 Å². The van der Waals surface area contributed by atoms with Crippen LogP contribution in [0.3, 0.4) is 0 Å². The van der Waals surface area contributed by atoms with Crippen molar-refractivity contribution < 1.29 is 14.6 Å². The lowest BCUT2D eigenvalue weighted by Crippen LogP contribution is -2.27. The molecule has 3 heterocycles. The summed E-state index contributed by atoms with van der Waals surface area (Å²) in [5.41, 5.74) is 3.14. The van der Waals surface area contributed by atoms with Crippen molar-refractivity contribution in [2.75, 3.05) is 7.11 Å². The Bertz CT molecular complexity index is 1440. The third-order valence-corrected chi connectivity index (χ3v) is 6.64. The average Bonchev–Trinajstić information content (AvgIpc) is 3.39. The standard InChI is InChI=1S/C27H25N3O4/c1-16-20(17-9-4-3-5-10-17)26(32)30(19-12-6-7-13-19)24-21(16)25(31)23(27(33)34-2)29-22(24)18-11-8-14-28-15-18/h3-5,8-11,14-15,19,31H,6-7,12-13H2,1-2H3. The Kier molecular flexibility index (Phi) is 5.61. The number of carbonyl (C=O) groups excluding carboxylic acids is 1. The lowest BCUT2D eigenvalue weighted by molar-refractivity contribution is 0.0591. The molecule has 1 saturated carbocycles. The summed E-state index contributed by atoms with van der Waals surface area (Å²) < 4.78 is 6.71. The highest BCUT2D eigenvalue weighted by atomic mass is 16.5. The molecule has 0 amide bonds. The predicted molar refractivity (Wildman–Crippen MR) is 130 cm³/mol. The van der Waals surface area contributed by atoms with Gasteiger partial charge in [0.2, 0.25) is 0 Å². The van der Waals surface area contributed by atoms with Crippen molar-refractivity contribution in [1.82, 2.24) is 14.5 Å². The second-order valence-corrected chi connectivity index (χ2v) is 8.59. The van der Waals surface area contributed by atoms with Gasteiger partial charge in [0.15, 0.2) is 11.4 Å². The zero-order chi connectivity index (χ0) is 23.8. The van der Waals surface area contributed by atoms with Crippen LogP contribution < -0.4 is 5.56 Å². The molecule has 0 radical (unpaired) electrons. The van der Waals surface area contributed by atoms with E-state index in [9.17, 15) is 14.7 Å². The summed E-state index contributed by atoms with van der Waals surface area (Å²) >= 11 is 0. The van der Waals surface area contributed by atoms with Gasteiger partial charge in [0, 0.05) is 29.4 Å². The number of aromatic nitrogens is 3. The average molecular weight is 456 g/mol. The molecule has 34 heavy (non-hydrogen) atoms. The van der Waals surface area contributed by atoms with Crippen LogP contribution >= 0.6 is 0 Å². The maximum absolute atomic E-state index is 14.1. The second-order valence-electron chi connectivity index (χ2n) is 8.59. The van der Waals surface area contributed by atoms with Crippen molar-refractivity contribution in [2.45, 2.75) is 38.6 Å². The number of hydrogen-bond acceptors (Lipinski definition) is 6. The first-order chi connectivity index (χ1) is 16.5. The predicted octanol–water partition coefficient (Wildman–Crippen LogP) is 5.04. The molecule has 1 aromatic carbocycles. The number of hydrogen-bond donors (Lipinski definition) is 1. The van der Waals surface area contributed by atoms with Gasteiger partial charge in [-0.15, -0.1) is 0 Å². The van der Waals surface area contributed by atoms with Gasteiger partial charge in [-0.25, -0.2) is 9.78 Å². The van der Waals surface area contributed by atoms with Crippen LogP contribution in [0.5, 0.6) is 5.75 Å². The topological polar surface area (TPSA) is 94.3 Å². The number of ether oxygens (including phenoxy) is 1. The van der Waals surface area contributed by atoms with Gasteiger partial charge in [-0.2, -0.15) is 0 Å². The van der Waals surface area contributed by atoms with Crippen LogP contribution in [-0.4, -0.2) is 32.7 Å². The molecule has 0 spiro atoms. The highest BCUT2D eigenvalue weighted by molar-refractivity contribution is 6.06. The summed E-state index contributed by atoms with van der Waals surface area (Å²) in [6, 6.07) is 13.0. The number of aromatic hydroxyl groups is 1. The number of esters is 1. The van der Waals surface area contributed by atoms with Crippen LogP contribution in [0.4, 0.5) is 0 Å². The molecule has 1 aliphatic carbocycles. The van der Waals surface area contributed by atoms with E-state index in [4.69, 9.17) is 4.74 Å². The summed E-state index contributed by atoms with van der Waals surface area (Å²) in [6.07, 6.45) is 7.06. The fourth-order valence-electron chi connectivity index (χ4n) is 5.06. The quantitative estimate of drug-likeness (QED) is 0.433. The van der Waals surface area contributed by atoms with E-state index < -0.39 is 5.97 Å². The fraction of sp³-hybridized carbons (Fsp3) is 0.259. The molecule has 0 saturated heterocycles. The monoisotopic (exact) mass is 455 g/mol. The molecule has 7 heteroatoms. The SMILES string of the molecule is COC(=O)c1nc(-c2cccnc2)c2c(c(C)c(-c3ccccc3)c(=O)n2C2CCCC2)c1O. The summed E-state index contributed by atoms with van der Waals surface area (Å²) in [4.78, 5) is 35.5. The Labute approximate surface area is 196 Å². The van der Waals surface area contributed by atoms with Crippen LogP contribution in [0.1, 0.15) is 47.8 Å². The number of benzene rings is 1. The van der Waals surface area contributed by atoms with E-state index in [2.05, 4.69) is 9.97 Å². The molecule has 172 valence electrons. The van der Waals surface area contributed by atoms with Crippen molar-refractivity contribution in [3.63, 3.8) is 0 Å². The molecular weight excluding hydrogens is 430 g/mol. The molecular formula is C27H25N3O4. The molecule has 0 unspecified atom stereocenters. The Morgan fingerprint density at radius 2 is 1.79 bits per heavy atom. The van der Waals surface area contributed by atoms with E-state index in [-0.39, 0.29) is 23.0 Å². The maximum Gasteiger partial charge on any atom is 0.360 e. The molecule has 1 aliphatic rings. The van der Waals surface area contributed by atoms with Gasteiger partial charge in [-0.3, -0.25) is 9.78 Å². The van der Waals surface area contributed by atoms with Crippen LogP contribution in [-0.2, 0) is 4.74 Å². The molecule has 1 N–H and O–H groups in total. The van der Waals surface area contributed by atoms with Crippen molar-refractivity contribution in [3.05, 3.63) is 76.5 Å². The third kappa shape index (κ3) is 3.44. The number of methoxy groups -OCH3 is 1. The summed E-state index contributed by atoms with van der Waals surface area (Å²) in [7, 11) is 1.25. The Morgan fingerprint density at radius 1 is 1.09 bits per heavy atom. The van der Waals surface area contributed by atoms with E-state index in [0.717, 1.165) is 31.2 Å². The van der Waals surface area contributed by atoms with E-state index in [0.29, 0.717) is 33.3 Å². The smallest absolute Gasteiger partial charge is 0.360 e. The molecule has 1 fully saturated rings. The first kappa shape index (κ1) is 21.8. The minimum absolute atomic E-state index is 0.0290. The molecule has 3 aromatic heterocycles. The van der Waals surface area contributed by atoms with Crippen LogP contribution in [0.25, 0.3) is 33.3 Å². The number of nitrogens with zero attached hydrogens (tertiary/aromatic N) is 3. The highest BCUT2D eigenvalue weighted by Crippen LogP contribution is 2.42. The molecule has 0 aliphatic heterocycles. The number of pyridine rings is 3. The lowest BCUT2D eigenvalue weighted by atomic mass is 9.95. The van der Waals surface area contributed by atoms with E-state index in [1.54, 1.807) is 30.0 Å². The van der Waals surface area contributed by atoms with Gasteiger partial charge >= 0.3 is 5.97 Å². The van der Waals surface area contributed by atoms with Crippen molar-refractivity contribution in [1.29, 1.82) is 0 Å². The van der Waals surface area contributed by atoms with Crippen LogP contribution in [0.15, 0.2) is 59.7 Å². The number of rotatable bonds is 4. The van der Waals surface area contributed by atoms with Gasteiger partial charge in [0.25, 0.3) is 5.56 Å². The minimum atomic E-state index is -0.746. The molecule has 0 bridgehead atoms. The van der Waals surface area contributed by atoms with Gasteiger partial charge < -0.3 is 14.4 Å². The fourth-order valence-corrected chi connectivity index (χ4v) is 5.06. The van der Waals surface area contributed by atoms with Gasteiger partial charge in [-0.1, -0.05) is 43.2 Å². The van der Waals surface area contributed by atoms with Gasteiger partial charge in [-0.05, 0) is 43.0 Å². The first-order valence-electron chi connectivity index (χ1n) is 11.4. The molecule has 5 rings (SSSR count). The molecule has 4 aromatic rings. The third-order valence-electron chi connectivity index (χ3n) is 6.64. The zero-order valence-electron chi connectivity index (χ0n) is 19.1. The summed E-state index contributed by atoms with van der Waals surface area (Å²) in [5, 5.41) is 11.8. The molecule has 0 atom stereocenters. The number of carbonyl (C=O) groups is 1. The Balaban J connectivity index is 2.01. The minimum Gasteiger partial charge on any atom is -0.505 e. The first-order valence-corrected chi connectivity index (χ1v) is 11.4. The van der Waals surface area contributed by atoms with E-state index in [1.807, 2.05) is 36.4 Å². The van der Waals surface area contributed by atoms with Crippen molar-refractivity contribution >= 4 is 16.9 Å².